The Bertz CT molecular complexity index is 1110. The summed E-state index contributed by atoms with van der Waals surface area (Å²) < 4.78 is 41.4. The van der Waals surface area contributed by atoms with Gasteiger partial charge in [0.25, 0.3) is 5.69 Å². The Balaban J connectivity index is 1.72. The van der Waals surface area contributed by atoms with Crippen LogP contribution in [0, 0.1) is 16.0 Å². The Labute approximate surface area is 194 Å². The molecule has 3 N–H and O–H groups in total. The highest BCUT2D eigenvalue weighted by Crippen LogP contribution is 2.37. The molecule has 0 fully saturated rings. The average Bonchev–Trinajstić information content (AvgIpc) is 2.97. The maximum absolute atomic E-state index is 13.8. The van der Waals surface area contributed by atoms with E-state index in [-0.39, 0.29) is 17.7 Å². The zero-order chi connectivity index (χ0) is 24.5. The van der Waals surface area contributed by atoms with Crippen LogP contribution in [0.1, 0.15) is 25.8 Å². The molecule has 3 heterocycles. The van der Waals surface area contributed by atoms with E-state index in [0.717, 1.165) is 17.3 Å². The first-order valence-electron chi connectivity index (χ1n) is 10.8. The maximum atomic E-state index is 13.8. The lowest BCUT2D eigenvalue weighted by atomic mass is 10.0. The molecule has 0 spiro atoms. The lowest BCUT2D eigenvalue weighted by Crippen LogP contribution is -2.50. The minimum Gasteiger partial charge on any atom is -0.370 e. The number of nitro benzene ring substituents is 1. The SMILES string of the molecule is CC(C)C1NCC2=C(C=CN(c3ncccc3C(F)(F)F)C(Nc3ccc([N+](=O)[O-])cc3)C2)N1. The molecule has 11 heteroatoms. The second kappa shape index (κ2) is 9.34. The lowest BCUT2D eigenvalue weighted by Gasteiger charge is -2.34. The van der Waals surface area contributed by atoms with Crippen LogP contribution in [0.25, 0.3) is 0 Å². The van der Waals surface area contributed by atoms with E-state index in [2.05, 4.69) is 34.8 Å². The number of non-ortho nitro benzene ring substituents is 1. The molecular weight excluding hydrogens is 449 g/mol. The van der Waals surface area contributed by atoms with Gasteiger partial charge in [0.05, 0.1) is 16.7 Å². The smallest absolute Gasteiger partial charge is 0.370 e. The van der Waals surface area contributed by atoms with Gasteiger partial charge in [0.15, 0.2) is 0 Å². The highest BCUT2D eigenvalue weighted by Gasteiger charge is 2.37. The predicted octanol–water partition coefficient (Wildman–Crippen LogP) is 4.60. The Kier molecular flexibility index (Phi) is 6.47. The van der Waals surface area contributed by atoms with Crippen LogP contribution >= 0.6 is 0 Å². The molecule has 34 heavy (non-hydrogen) atoms. The summed E-state index contributed by atoms with van der Waals surface area (Å²) in [5.41, 5.74) is 1.48. The lowest BCUT2D eigenvalue weighted by molar-refractivity contribution is -0.384. The quantitative estimate of drug-likeness (QED) is 0.431. The van der Waals surface area contributed by atoms with Gasteiger partial charge in [-0.3, -0.25) is 15.4 Å². The van der Waals surface area contributed by atoms with E-state index < -0.39 is 22.8 Å². The zero-order valence-electron chi connectivity index (χ0n) is 18.6. The van der Waals surface area contributed by atoms with Gasteiger partial charge in [-0.25, -0.2) is 4.98 Å². The van der Waals surface area contributed by atoms with Crippen molar-refractivity contribution in [1.29, 1.82) is 0 Å². The number of nitrogens with one attached hydrogen (secondary N) is 3. The molecule has 0 bridgehead atoms. The first kappa shape index (κ1) is 23.6. The number of anilines is 2. The Morgan fingerprint density at radius 2 is 1.97 bits per heavy atom. The van der Waals surface area contributed by atoms with Crippen molar-refractivity contribution >= 4 is 17.2 Å². The third-order valence-electron chi connectivity index (χ3n) is 5.82. The number of hydrogen-bond donors (Lipinski definition) is 3. The number of nitrogens with zero attached hydrogens (tertiary/aromatic N) is 3. The predicted molar refractivity (Wildman–Crippen MR) is 123 cm³/mol. The number of hydrogen-bond acceptors (Lipinski definition) is 7. The molecule has 0 radical (unpaired) electrons. The van der Waals surface area contributed by atoms with Crippen molar-refractivity contribution in [2.45, 2.75) is 38.8 Å². The van der Waals surface area contributed by atoms with Gasteiger partial charge in [-0.05, 0) is 41.8 Å². The van der Waals surface area contributed by atoms with Crippen LogP contribution in [-0.2, 0) is 6.18 Å². The molecule has 2 aliphatic rings. The molecule has 2 atom stereocenters. The fraction of sp³-hybridized carbons (Fsp3) is 0.348. The van der Waals surface area contributed by atoms with Crippen LogP contribution in [0.2, 0.25) is 0 Å². The summed E-state index contributed by atoms with van der Waals surface area (Å²) in [7, 11) is 0. The van der Waals surface area contributed by atoms with E-state index in [4.69, 9.17) is 0 Å². The van der Waals surface area contributed by atoms with Crippen molar-refractivity contribution in [2.75, 3.05) is 16.8 Å². The molecule has 2 aromatic rings. The zero-order valence-corrected chi connectivity index (χ0v) is 18.6. The number of rotatable bonds is 5. The number of pyridine rings is 1. The van der Waals surface area contributed by atoms with E-state index in [0.29, 0.717) is 24.6 Å². The molecule has 1 aromatic carbocycles. The second-order valence-corrected chi connectivity index (χ2v) is 8.53. The van der Waals surface area contributed by atoms with Crippen LogP contribution in [0.3, 0.4) is 0 Å². The summed E-state index contributed by atoms with van der Waals surface area (Å²) in [5, 5.41) is 21.1. The van der Waals surface area contributed by atoms with Crippen molar-refractivity contribution in [3.63, 3.8) is 0 Å². The second-order valence-electron chi connectivity index (χ2n) is 8.53. The molecular formula is C23H25F3N6O2. The van der Waals surface area contributed by atoms with E-state index in [9.17, 15) is 23.3 Å². The van der Waals surface area contributed by atoms with Crippen LogP contribution in [0.5, 0.6) is 0 Å². The van der Waals surface area contributed by atoms with Crippen LogP contribution in [0.4, 0.5) is 30.4 Å². The average molecular weight is 474 g/mol. The third-order valence-corrected chi connectivity index (χ3v) is 5.82. The molecule has 8 nitrogen and oxygen atoms in total. The fourth-order valence-electron chi connectivity index (χ4n) is 4.02. The molecule has 2 unspecified atom stereocenters. The van der Waals surface area contributed by atoms with Gasteiger partial charge < -0.3 is 15.5 Å². The summed E-state index contributed by atoms with van der Waals surface area (Å²) in [6.07, 6.45) is -0.0861. The number of aromatic nitrogens is 1. The van der Waals surface area contributed by atoms with E-state index in [1.165, 1.54) is 41.4 Å². The number of nitro groups is 1. The Hall–Kier alpha value is -3.60. The van der Waals surface area contributed by atoms with Crippen LogP contribution < -0.4 is 20.9 Å². The summed E-state index contributed by atoms with van der Waals surface area (Å²) in [6, 6.07) is 8.04. The summed E-state index contributed by atoms with van der Waals surface area (Å²) in [4.78, 5) is 16.0. The Morgan fingerprint density at radius 1 is 1.24 bits per heavy atom. The van der Waals surface area contributed by atoms with Gasteiger partial charge in [0.1, 0.15) is 12.0 Å². The van der Waals surface area contributed by atoms with E-state index >= 15 is 0 Å². The van der Waals surface area contributed by atoms with Gasteiger partial charge in [-0.1, -0.05) is 13.8 Å². The van der Waals surface area contributed by atoms with E-state index in [1.807, 2.05) is 0 Å². The first-order valence-corrected chi connectivity index (χ1v) is 10.8. The highest BCUT2D eigenvalue weighted by molar-refractivity contribution is 5.58. The van der Waals surface area contributed by atoms with Gasteiger partial charge >= 0.3 is 6.18 Å². The number of alkyl halides is 3. The summed E-state index contributed by atoms with van der Waals surface area (Å²) in [5.74, 6) is 0.0855. The number of allylic oxidation sites excluding steroid dienone is 1. The normalized spacial score (nSPS) is 20.6. The van der Waals surface area contributed by atoms with Gasteiger partial charge in [-0.15, -0.1) is 0 Å². The van der Waals surface area contributed by atoms with Crippen molar-refractivity contribution < 1.29 is 18.1 Å². The third kappa shape index (κ3) is 4.98. The number of benzene rings is 1. The maximum Gasteiger partial charge on any atom is 0.419 e. The van der Waals surface area contributed by atoms with Crippen molar-refractivity contribution in [3.8, 4) is 0 Å². The van der Waals surface area contributed by atoms with Gasteiger partial charge in [0.2, 0.25) is 0 Å². The summed E-state index contributed by atoms with van der Waals surface area (Å²) in [6.45, 7) is 4.73. The largest absolute Gasteiger partial charge is 0.419 e. The summed E-state index contributed by atoms with van der Waals surface area (Å²) >= 11 is 0. The molecule has 1 aromatic heterocycles. The van der Waals surface area contributed by atoms with Crippen molar-refractivity contribution in [1.82, 2.24) is 15.6 Å². The molecule has 180 valence electrons. The van der Waals surface area contributed by atoms with Crippen LogP contribution in [-0.4, -0.2) is 28.8 Å². The molecule has 0 amide bonds. The highest BCUT2D eigenvalue weighted by atomic mass is 19.4. The molecule has 4 rings (SSSR count). The standard InChI is InChI=1S/C23H25F3N6O2/c1-14(2)21-28-13-15-12-20(29-16-5-7-17(8-6-16)32(33)34)31(11-9-19(15)30-21)22-18(23(24,25)26)4-3-10-27-22/h3-11,14,20-21,28-30H,12-13H2,1-2H3. The fourth-order valence-corrected chi connectivity index (χ4v) is 4.02. The minimum absolute atomic E-state index is 0.0385. The molecule has 0 saturated heterocycles. The Morgan fingerprint density at radius 3 is 2.62 bits per heavy atom. The topological polar surface area (TPSA) is 95.4 Å². The number of halogens is 3. The molecule has 2 aliphatic heterocycles. The van der Waals surface area contributed by atoms with Crippen molar-refractivity contribution in [3.05, 3.63) is 81.8 Å². The van der Waals surface area contributed by atoms with Crippen LogP contribution in [0.15, 0.2) is 66.1 Å². The molecule has 0 aliphatic carbocycles. The van der Waals surface area contributed by atoms with Gasteiger partial charge in [0, 0.05) is 48.9 Å². The first-order chi connectivity index (χ1) is 16.1. The van der Waals surface area contributed by atoms with E-state index in [1.54, 1.807) is 12.3 Å². The van der Waals surface area contributed by atoms with Gasteiger partial charge in [-0.2, -0.15) is 13.2 Å². The minimum atomic E-state index is -4.59. The monoisotopic (exact) mass is 474 g/mol. The molecule has 0 saturated carbocycles. The van der Waals surface area contributed by atoms with Crippen molar-refractivity contribution in [2.24, 2.45) is 5.92 Å².